The number of halogens is 1. The van der Waals surface area contributed by atoms with Crippen molar-refractivity contribution in [3.05, 3.63) is 17.2 Å². The topological polar surface area (TPSA) is 84.7 Å². The minimum Gasteiger partial charge on any atom is -0.476 e. The average Bonchev–Trinajstić information content (AvgIpc) is 2.92. The molecule has 0 aliphatic carbocycles. The second-order valence-electron chi connectivity index (χ2n) is 5.97. The Morgan fingerprint density at radius 3 is 2.71 bits per heavy atom. The van der Waals surface area contributed by atoms with E-state index in [9.17, 15) is 14.7 Å². The third-order valence-electron chi connectivity index (χ3n) is 3.16. The van der Waals surface area contributed by atoms with E-state index in [1.807, 2.05) is 0 Å². The molecular formula is C13H18ClN3O4. The number of rotatable bonds is 2. The second-order valence-corrected chi connectivity index (χ2v) is 6.32. The summed E-state index contributed by atoms with van der Waals surface area (Å²) in [4.78, 5) is 28.6. The van der Waals surface area contributed by atoms with Crippen LogP contribution in [-0.4, -0.2) is 50.3 Å². The number of imidazole rings is 1. The molecule has 2 heterocycles. The highest BCUT2D eigenvalue weighted by Gasteiger charge is 2.33. The Hall–Kier alpha value is -1.76. The molecule has 1 atom stereocenters. The van der Waals surface area contributed by atoms with E-state index in [0.717, 1.165) is 0 Å². The molecule has 7 nitrogen and oxygen atoms in total. The van der Waals surface area contributed by atoms with Crippen LogP contribution in [0.1, 0.15) is 43.7 Å². The number of nitrogens with zero attached hydrogens (tertiary/aromatic N) is 3. The maximum absolute atomic E-state index is 12.0. The fraction of sp³-hybridized carbons (Fsp3) is 0.615. The standard InChI is InChI=1S/C13H18ClN3O4/c1-13(2,3)21-12(20)16-5-4-8(6-16)17-7-15-10(14)9(17)11(18)19/h7-8H,4-6H2,1-3H3,(H,18,19)/t8-/m0/s1. The monoisotopic (exact) mass is 315 g/mol. The van der Waals surface area contributed by atoms with Crippen LogP contribution >= 0.6 is 11.6 Å². The number of likely N-dealkylation sites (tertiary alicyclic amines) is 1. The van der Waals surface area contributed by atoms with Gasteiger partial charge in [0, 0.05) is 13.1 Å². The van der Waals surface area contributed by atoms with E-state index in [4.69, 9.17) is 16.3 Å². The molecule has 21 heavy (non-hydrogen) atoms. The lowest BCUT2D eigenvalue weighted by Gasteiger charge is -2.24. The molecule has 8 heteroatoms. The van der Waals surface area contributed by atoms with E-state index in [2.05, 4.69) is 4.98 Å². The molecule has 0 bridgehead atoms. The van der Waals surface area contributed by atoms with Crippen molar-refractivity contribution in [2.75, 3.05) is 13.1 Å². The van der Waals surface area contributed by atoms with Gasteiger partial charge in [-0.3, -0.25) is 0 Å². The Labute approximate surface area is 127 Å². The lowest BCUT2D eigenvalue weighted by atomic mass is 10.2. The van der Waals surface area contributed by atoms with E-state index in [1.165, 1.54) is 10.9 Å². The highest BCUT2D eigenvalue weighted by atomic mass is 35.5. The first kappa shape index (κ1) is 15.6. The largest absolute Gasteiger partial charge is 0.476 e. The fourth-order valence-corrected chi connectivity index (χ4v) is 2.50. The number of aromatic nitrogens is 2. The quantitative estimate of drug-likeness (QED) is 0.906. The number of carboxylic acid groups (broad SMARTS) is 1. The van der Waals surface area contributed by atoms with Gasteiger partial charge in [-0.2, -0.15) is 0 Å². The van der Waals surface area contributed by atoms with E-state index < -0.39 is 17.7 Å². The number of carbonyl (C=O) groups is 2. The van der Waals surface area contributed by atoms with Crippen LogP contribution in [0.15, 0.2) is 6.33 Å². The Balaban J connectivity index is 2.10. The van der Waals surface area contributed by atoms with Gasteiger partial charge in [-0.25, -0.2) is 14.6 Å². The average molecular weight is 316 g/mol. The molecule has 1 aliphatic rings. The Kier molecular flexibility index (Phi) is 4.13. The molecule has 1 aliphatic heterocycles. The first-order valence-electron chi connectivity index (χ1n) is 6.62. The van der Waals surface area contributed by atoms with Gasteiger partial charge in [0.05, 0.1) is 12.4 Å². The van der Waals surface area contributed by atoms with E-state index in [-0.39, 0.29) is 16.9 Å². The zero-order chi connectivity index (χ0) is 15.8. The van der Waals surface area contributed by atoms with Crippen molar-refractivity contribution in [3.63, 3.8) is 0 Å². The van der Waals surface area contributed by atoms with Gasteiger partial charge in [0.2, 0.25) is 0 Å². The Morgan fingerprint density at radius 1 is 1.48 bits per heavy atom. The number of hydrogen-bond acceptors (Lipinski definition) is 4. The lowest BCUT2D eigenvalue weighted by Crippen LogP contribution is -2.35. The van der Waals surface area contributed by atoms with Crippen LogP contribution in [0, 0.1) is 0 Å². The third-order valence-corrected chi connectivity index (χ3v) is 3.44. The summed E-state index contributed by atoms with van der Waals surface area (Å²) in [6.45, 7) is 6.29. The molecule has 1 fully saturated rings. The van der Waals surface area contributed by atoms with Crippen molar-refractivity contribution in [1.82, 2.24) is 14.5 Å². The molecule has 1 aromatic heterocycles. The predicted molar refractivity (Wildman–Crippen MR) is 75.7 cm³/mol. The molecule has 1 amide bonds. The number of amides is 1. The highest BCUT2D eigenvalue weighted by molar-refractivity contribution is 6.32. The maximum Gasteiger partial charge on any atom is 0.410 e. The number of carboxylic acids is 1. The van der Waals surface area contributed by atoms with Gasteiger partial charge < -0.3 is 19.3 Å². The van der Waals surface area contributed by atoms with Crippen LogP contribution < -0.4 is 0 Å². The first-order valence-corrected chi connectivity index (χ1v) is 7.00. The molecule has 116 valence electrons. The van der Waals surface area contributed by atoms with Gasteiger partial charge in [-0.1, -0.05) is 11.6 Å². The minimum atomic E-state index is -1.13. The van der Waals surface area contributed by atoms with Crippen molar-refractivity contribution < 1.29 is 19.4 Å². The van der Waals surface area contributed by atoms with Crippen LogP contribution in [0.5, 0.6) is 0 Å². The molecule has 1 N–H and O–H groups in total. The van der Waals surface area contributed by atoms with Gasteiger partial charge in [-0.15, -0.1) is 0 Å². The first-order chi connectivity index (χ1) is 9.69. The smallest absolute Gasteiger partial charge is 0.410 e. The third kappa shape index (κ3) is 3.47. The molecule has 0 spiro atoms. The molecule has 0 saturated carbocycles. The van der Waals surface area contributed by atoms with Crippen LogP contribution in [-0.2, 0) is 4.74 Å². The molecule has 0 unspecified atom stereocenters. The Morgan fingerprint density at radius 2 is 2.14 bits per heavy atom. The number of ether oxygens (including phenoxy) is 1. The summed E-state index contributed by atoms with van der Waals surface area (Å²) in [6, 6.07) is -0.163. The summed E-state index contributed by atoms with van der Waals surface area (Å²) < 4.78 is 6.82. The number of carbonyl (C=O) groups excluding carboxylic acids is 1. The summed E-state index contributed by atoms with van der Waals surface area (Å²) in [5.41, 5.74) is -0.604. The summed E-state index contributed by atoms with van der Waals surface area (Å²) in [5.74, 6) is -1.13. The summed E-state index contributed by atoms with van der Waals surface area (Å²) in [7, 11) is 0. The zero-order valence-electron chi connectivity index (χ0n) is 12.2. The molecule has 0 radical (unpaired) electrons. The van der Waals surface area contributed by atoms with Crippen LogP contribution in [0.2, 0.25) is 5.15 Å². The molecule has 2 rings (SSSR count). The fourth-order valence-electron chi connectivity index (χ4n) is 2.28. The van der Waals surface area contributed by atoms with Gasteiger partial charge >= 0.3 is 12.1 Å². The van der Waals surface area contributed by atoms with E-state index >= 15 is 0 Å². The van der Waals surface area contributed by atoms with Crippen molar-refractivity contribution in [2.24, 2.45) is 0 Å². The number of aromatic carboxylic acids is 1. The summed E-state index contributed by atoms with van der Waals surface area (Å²) in [5, 5.41) is 9.13. The SMILES string of the molecule is CC(C)(C)OC(=O)N1CC[C@H](n2cnc(Cl)c2C(=O)O)C1. The summed E-state index contributed by atoms with van der Waals surface area (Å²) in [6.07, 6.45) is 1.63. The van der Waals surface area contributed by atoms with Crippen molar-refractivity contribution in [1.29, 1.82) is 0 Å². The molecule has 0 aromatic carbocycles. The predicted octanol–water partition coefficient (Wildman–Crippen LogP) is 2.42. The zero-order valence-corrected chi connectivity index (χ0v) is 12.9. The normalized spacial score (nSPS) is 18.9. The number of hydrogen-bond donors (Lipinski definition) is 1. The molecular weight excluding hydrogens is 298 g/mol. The van der Waals surface area contributed by atoms with Gasteiger partial charge in [-0.05, 0) is 27.2 Å². The Bertz CT molecular complexity index is 564. The van der Waals surface area contributed by atoms with Crippen molar-refractivity contribution in [3.8, 4) is 0 Å². The maximum atomic E-state index is 12.0. The molecule has 1 aromatic rings. The molecule has 1 saturated heterocycles. The van der Waals surface area contributed by atoms with Gasteiger partial charge in [0.25, 0.3) is 0 Å². The lowest BCUT2D eigenvalue weighted by molar-refractivity contribution is 0.0289. The minimum absolute atomic E-state index is 0.0433. The van der Waals surface area contributed by atoms with Gasteiger partial charge in [0.1, 0.15) is 5.60 Å². The van der Waals surface area contributed by atoms with Gasteiger partial charge in [0.15, 0.2) is 10.8 Å². The van der Waals surface area contributed by atoms with Crippen LogP contribution in [0.25, 0.3) is 0 Å². The van der Waals surface area contributed by atoms with Crippen LogP contribution in [0.4, 0.5) is 4.79 Å². The van der Waals surface area contributed by atoms with Crippen molar-refractivity contribution >= 4 is 23.7 Å². The van der Waals surface area contributed by atoms with Crippen LogP contribution in [0.3, 0.4) is 0 Å². The summed E-state index contributed by atoms with van der Waals surface area (Å²) >= 11 is 5.79. The van der Waals surface area contributed by atoms with Crippen molar-refractivity contribution in [2.45, 2.75) is 38.8 Å². The van der Waals surface area contributed by atoms with E-state index in [1.54, 1.807) is 25.7 Å². The highest BCUT2D eigenvalue weighted by Crippen LogP contribution is 2.27. The van der Waals surface area contributed by atoms with E-state index in [0.29, 0.717) is 19.5 Å². The second kappa shape index (κ2) is 5.55.